The Labute approximate surface area is 110 Å². The topological polar surface area (TPSA) is 64.3 Å². The van der Waals surface area contributed by atoms with Crippen molar-refractivity contribution in [3.8, 4) is 5.75 Å². The Morgan fingerprint density at radius 2 is 2.00 bits per heavy atom. The van der Waals surface area contributed by atoms with Crippen molar-refractivity contribution in [2.75, 3.05) is 18.2 Å². The minimum atomic E-state index is -0.466. The Balaban J connectivity index is 3.10. The summed E-state index contributed by atoms with van der Waals surface area (Å²) < 4.78 is 5.90. The van der Waals surface area contributed by atoms with Gasteiger partial charge in [0.05, 0.1) is 12.8 Å². The number of nitrogens with two attached hydrogens (primary N) is 1. The van der Waals surface area contributed by atoms with E-state index in [9.17, 15) is 4.79 Å². The average molecular weight is 301 g/mol. The lowest BCUT2D eigenvalue weighted by Gasteiger charge is -2.20. The number of halogens is 1. The van der Waals surface area contributed by atoms with Gasteiger partial charge < -0.3 is 15.8 Å². The van der Waals surface area contributed by atoms with Gasteiger partial charge in [-0.2, -0.15) is 0 Å². The van der Waals surface area contributed by atoms with Crippen LogP contribution in [-0.4, -0.2) is 13.0 Å². The van der Waals surface area contributed by atoms with Gasteiger partial charge in [-0.3, -0.25) is 4.79 Å². The van der Waals surface area contributed by atoms with Crippen molar-refractivity contribution in [2.24, 2.45) is 5.41 Å². The van der Waals surface area contributed by atoms with E-state index in [0.29, 0.717) is 21.6 Å². The lowest BCUT2D eigenvalue weighted by atomic mass is 9.95. The van der Waals surface area contributed by atoms with E-state index in [1.807, 2.05) is 20.8 Å². The molecule has 1 aromatic carbocycles. The van der Waals surface area contributed by atoms with Gasteiger partial charge in [-0.25, -0.2) is 0 Å². The number of hydrogen-bond donors (Lipinski definition) is 2. The van der Waals surface area contributed by atoms with Crippen LogP contribution in [0.5, 0.6) is 5.75 Å². The maximum absolute atomic E-state index is 11.9. The second-order valence-corrected chi connectivity index (χ2v) is 5.64. The molecule has 0 unspecified atom stereocenters. The quantitative estimate of drug-likeness (QED) is 0.825. The van der Waals surface area contributed by atoms with Crippen LogP contribution in [0.15, 0.2) is 16.6 Å². The first kappa shape index (κ1) is 13.8. The molecule has 0 saturated heterocycles. The second kappa shape index (κ2) is 4.96. The Bertz CT molecular complexity index is 439. The van der Waals surface area contributed by atoms with Crippen LogP contribution in [0.3, 0.4) is 0 Å². The molecule has 0 aliphatic rings. The number of amides is 1. The fraction of sp³-hybridized carbons (Fsp3) is 0.417. The van der Waals surface area contributed by atoms with E-state index in [1.165, 1.54) is 7.11 Å². The molecule has 0 aliphatic carbocycles. The Hall–Kier alpha value is -1.23. The number of carbonyl (C=O) groups excluding carboxylic acids is 1. The molecule has 1 rings (SSSR count). The van der Waals surface area contributed by atoms with Crippen molar-refractivity contribution >= 4 is 33.2 Å². The van der Waals surface area contributed by atoms with Gasteiger partial charge in [0.2, 0.25) is 5.91 Å². The van der Waals surface area contributed by atoms with E-state index in [2.05, 4.69) is 21.2 Å². The SMILES string of the molecule is COc1cc(N)cc(Br)c1NC(=O)C(C)(C)C. The number of nitrogen functional groups attached to an aromatic ring is 1. The highest BCUT2D eigenvalue weighted by atomic mass is 79.9. The molecule has 0 atom stereocenters. The van der Waals surface area contributed by atoms with E-state index in [-0.39, 0.29) is 5.91 Å². The monoisotopic (exact) mass is 300 g/mol. The van der Waals surface area contributed by atoms with Crippen molar-refractivity contribution < 1.29 is 9.53 Å². The molecule has 0 saturated carbocycles. The van der Waals surface area contributed by atoms with E-state index < -0.39 is 5.41 Å². The van der Waals surface area contributed by atoms with Gasteiger partial charge in [-0.15, -0.1) is 0 Å². The number of anilines is 2. The third-order valence-electron chi connectivity index (χ3n) is 2.22. The minimum absolute atomic E-state index is 0.0822. The molecule has 0 aromatic heterocycles. The van der Waals surface area contributed by atoms with Crippen molar-refractivity contribution in [2.45, 2.75) is 20.8 Å². The molecular formula is C12H17BrN2O2. The van der Waals surface area contributed by atoms with E-state index in [1.54, 1.807) is 12.1 Å². The first-order chi connectivity index (χ1) is 7.75. The molecule has 0 radical (unpaired) electrons. The summed E-state index contributed by atoms with van der Waals surface area (Å²) in [7, 11) is 1.54. The number of rotatable bonds is 2. The number of nitrogens with one attached hydrogen (secondary N) is 1. The standard InChI is InChI=1S/C12H17BrN2O2/c1-12(2,3)11(16)15-10-8(13)5-7(14)6-9(10)17-4/h5-6H,14H2,1-4H3,(H,15,16). The van der Waals surface area contributed by atoms with Gasteiger partial charge in [-0.1, -0.05) is 20.8 Å². The first-order valence-corrected chi connectivity index (χ1v) is 5.99. The zero-order chi connectivity index (χ0) is 13.2. The molecule has 1 aromatic rings. The average Bonchev–Trinajstić information content (AvgIpc) is 2.19. The molecule has 17 heavy (non-hydrogen) atoms. The number of hydrogen-bond acceptors (Lipinski definition) is 3. The molecule has 3 N–H and O–H groups in total. The highest BCUT2D eigenvalue weighted by molar-refractivity contribution is 9.10. The second-order valence-electron chi connectivity index (χ2n) is 4.78. The van der Waals surface area contributed by atoms with Gasteiger partial charge in [0.25, 0.3) is 0 Å². The summed E-state index contributed by atoms with van der Waals surface area (Å²) in [5, 5.41) is 2.83. The Morgan fingerprint density at radius 3 is 2.47 bits per heavy atom. The normalized spacial score (nSPS) is 11.1. The van der Waals surface area contributed by atoms with Crippen LogP contribution < -0.4 is 15.8 Å². The number of benzene rings is 1. The molecule has 0 bridgehead atoms. The number of methoxy groups -OCH3 is 1. The molecule has 0 heterocycles. The van der Waals surface area contributed by atoms with Gasteiger partial charge in [0.1, 0.15) is 5.75 Å². The third kappa shape index (κ3) is 3.36. The van der Waals surface area contributed by atoms with E-state index in [0.717, 1.165) is 0 Å². The third-order valence-corrected chi connectivity index (χ3v) is 2.84. The molecule has 4 nitrogen and oxygen atoms in total. The summed E-state index contributed by atoms with van der Waals surface area (Å²) in [5.41, 5.74) is 6.40. The Kier molecular flexibility index (Phi) is 4.03. The van der Waals surface area contributed by atoms with Crippen molar-refractivity contribution in [3.05, 3.63) is 16.6 Å². The number of carbonyl (C=O) groups is 1. The first-order valence-electron chi connectivity index (χ1n) is 5.20. The molecular weight excluding hydrogens is 284 g/mol. The summed E-state index contributed by atoms with van der Waals surface area (Å²) in [6.07, 6.45) is 0. The molecule has 0 fully saturated rings. The van der Waals surface area contributed by atoms with E-state index in [4.69, 9.17) is 10.5 Å². The molecule has 0 aliphatic heterocycles. The van der Waals surface area contributed by atoms with Crippen LogP contribution in [0, 0.1) is 5.41 Å². The smallest absolute Gasteiger partial charge is 0.229 e. The lowest BCUT2D eigenvalue weighted by Crippen LogP contribution is -2.28. The maximum Gasteiger partial charge on any atom is 0.229 e. The zero-order valence-electron chi connectivity index (χ0n) is 10.4. The van der Waals surface area contributed by atoms with Crippen LogP contribution >= 0.6 is 15.9 Å². The van der Waals surface area contributed by atoms with Gasteiger partial charge in [0.15, 0.2) is 0 Å². The van der Waals surface area contributed by atoms with E-state index >= 15 is 0 Å². The Morgan fingerprint density at radius 1 is 1.41 bits per heavy atom. The van der Waals surface area contributed by atoms with Gasteiger partial charge in [0, 0.05) is 21.6 Å². The lowest BCUT2D eigenvalue weighted by molar-refractivity contribution is -0.123. The van der Waals surface area contributed by atoms with Crippen molar-refractivity contribution in [1.29, 1.82) is 0 Å². The van der Waals surface area contributed by atoms with Crippen LogP contribution in [-0.2, 0) is 4.79 Å². The summed E-state index contributed by atoms with van der Waals surface area (Å²) in [6, 6.07) is 3.39. The summed E-state index contributed by atoms with van der Waals surface area (Å²) >= 11 is 3.36. The largest absolute Gasteiger partial charge is 0.494 e. The molecule has 5 heteroatoms. The van der Waals surface area contributed by atoms with Gasteiger partial charge in [-0.05, 0) is 22.0 Å². The summed E-state index contributed by atoms with van der Waals surface area (Å²) in [4.78, 5) is 11.9. The van der Waals surface area contributed by atoms with Crippen LogP contribution in [0.25, 0.3) is 0 Å². The fourth-order valence-electron chi connectivity index (χ4n) is 1.18. The zero-order valence-corrected chi connectivity index (χ0v) is 12.0. The highest BCUT2D eigenvalue weighted by Crippen LogP contribution is 2.36. The highest BCUT2D eigenvalue weighted by Gasteiger charge is 2.23. The van der Waals surface area contributed by atoms with Crippen molar-refractivity contribution in [1.82, 2.24) is 0 Å². The van der Waals surface area contributed by atoms with Gasteiger partial charge >= 0.3 is 0 Å². The van der Waals surface area contributed by atoms with Crippen LogP contribution in [0.1, 0.15) is 20.8 Å². The van der Waals surface area contributed by atoms with Crippen molar-refractivity contribution in [3.63, 3.8) is 0 Å². The minimum Gasteiger partial charge on any atom is -0.494 e. The predicted octanol–water partition coefficient (Wildman–Crippen LogP) is 3.02. The maximum atomic E-state index is 11.9. The summed E-state index contributed by atoms with van der Waals surface area (Å²) in [5.74, 6) is 0.454. The fourth-order valence-corrected chi connectivity index (χ4v) is 1.74. The molecule has 94 valence electrons. The summed E-state index contributed by atoms with van der Waals surface area (Å²) in [6.45, 7) is 5.54. The molecule has 1 amide bonds. The van der Waals surface area contributed by atoms with Crippen LogP contribution in [0.2, 0.25) is 0 Å². The predicted molar refractivity (Wildman–Crippen MR) is 73.2 cm³/mol. The molecule has 0 spiro atoms. The number of ether oxygens (including phenoxy) is 1. The van der Waals surface area contributed by atoms with Crippen LogP contribution in [0.4, 0.5) is 11.4 Å².